The van der Waals surface area contributed by atoms with E-state index in [1.807, 2.05) is 59.1 Å². The van der Waals surface area contributed by atoms with Crippen LogP contribution in [0.5, 0.6) is 5.75 Å². The predicted octanol–water partition coefficient (Wildman–Crippen LogP) is 4.28. The molecule has 4 aromatic rings. The first kappa shape index (κ1) is 18.3. The number of benzene rings is 2. The van der Waals surface area contributed by atoms with Crippen LogP contribution in [-0.4, -0.2) is 21.4 Å². The number of imidazole rings is 1. The van der Waals surface area contributed by atoms with Crippen LogP contribution in [0.2, 0.25) is 0 Å². The highest BCUT2D eigenvalue weighted by Gasteiger charge is 2.20. The first-order valence-corrected chi connectivity index (χ1v) is 9.16. The third-order valence-corrected chi connectivity index (χ3v) is 4.48. The van der Waals surface area contributed by atoms with Crippen molar-refractivity contribution in [1.29, 1.82) is 5.26 Å². The summed E-state index contributed by atoms with van der Waals surface area (Å²) in [4.78, 5) is 17.5. The minimum atomic E-state index is -0.735. The lowest BCUT2D eigenvalue weighted by molar-refractivity contribution is -0.122. The zero-order chi connectivity index (χ0) is 20.2. The van der Waals surface area contributed by atoms with Crippen LogP contribution in [0.1, 0.15) is 12.5 Å². The number of nitrogens with one attached hydrogen (secondary N) is 1. The van der Waals surface area contributed by atoms with Gasteiger partial charge in [0, 0.05) is 11.8 Å². The molecule has 4 rings (SSSR count). The Bertz CT molecular complexity index is 1190. The lowest BCUT2D eigenvalue weighted by Crippen LogP contribution is -2.30. The second-order valence-electron chi connectivity index (χ2n) is 6.49. The molecule has 0 aliphatic carbocycles. The van der Waals surface area contributed by atoms with Gasteiger partial charge in [0.15, 0.2) is 6.10 Å². The van der Waals surface area contributed by atoms with Crippen molar-refractivity contribution in [2.45, 2.75) is 13.0 Å². The summed E-state index contributed by atoms with van der Waals surface area (Å²) in [6.45, 7) is 1.68. The minimum Gasteiger partial charge on any atom is -0.481 e. The summed E-state index contributed by atoms with van der Waals surface area (Å²) < 4.78 is 7.57. The van der Waals surface area contributed by atoms with E-state index in [1.54, 1.807) is 31.2 Å². The van der Waals surface area contributed by atoms with Gasteiger partial charge in [0.2, 0.25) is 0 Å². The van der Waals surface area contributed by atoms with E-state index in [9.17, 15) is 4.79 Å². The van der Waals surface area contributed by atoms with Gasteiger partial charge in [-0.1, -0.05) is 36.4 Å². The fourth-order valence-electron chi connectivity index (χ4n) is 3.00. The van der Waals surface area contributed by atoms with Crippen molar-refractivity contribution < 1.29 is 9.53 Å². The summed E-state index contributed by atoms with van der Waals surface area (Å²) in [7, 11) is 0. The molecule has 2 aromatic heterocycles. The molecule has 0 radical (unpaired) electrons. The van der Waals surface area contributed by atoms with E-state index in [0.29, 0.717) is 22.8 Å². The van der Waals surface area contributed by atoms with Gasteiger partial charge in [-0.3, -0.25) is 9.20 Å². The average molecular weight is 382 g/mol. The monoisotopic (exact) mass is 382 g/mol. The van der Waals surface area contributed by atoms with Gasteiger partial charge < -0.3 is 10.1 Å². The van der Waals surface area contributed by atoms with Crippen LogP contribution in [0, 0.1) is 11.3 Å². The molecular formula is C23H18N4O2. The normalized spacial score (nSPS) is 11.6. The zero-order valence-electron chi connectivity index (χ0n) is 15.7. The standard InChI is InChI=1S/C23H18N4O2/c1-16(29-19-12-10-17(15-24)11-13-19)23(28)26-22-21(18-7-3-2-4-8-18)25-20-9-5-6-14-27(20)22/h2-14,16H,1H3,(H,26,28). The molecule has 0 spiro atoms. The quantitative estimate of drug-likeness (QED) is 0.559. The highest BCUT2D eigenvalue weighted by Crippen LogP contribution is 2.28. The fraction of sp³-hybridized carbons (Fsp3) is 0.0870. The smallest absolute Gasteiger partial charge is 0.266 e. The predicted molar refractivity (Wildman–Crippen MR) is 111 cm³/mol. The number of anilines is 1. The Hall–Kier alpha value is -4.11. The highest BCUT2D eigenvalue weighted by atomic mass is 16.5. The number of carbonyl (C=O) groups excluding carboxylic acids is 1. The number of amides is 1. The maximum atomic E-state index is 12.8. The molecule has 2 aromatic carbocycles. The molecular weight excluding hydrogens is 364 g/mol. The van der Waals surface area contributed by atoms with Crippen LogP contribution in [0.25, 0.3) is 16.9 Å². The molecule has 142 valence electrons. The average Bonchev–Trinajstić information content (AvgIpc) is 3.13. The van der Waals surface area contributed by atoms with E-state index < -0.39 is 6.10 Å². The van der Waals surface area contributed by atoms with E-state index >= 15 is 0 Å². The molecule has 6 nitrogen and oxygen atoms in total. The summed E-state index contributed by atoms with van der Waals surface area (Å²) in [6, 6.07) is 24.1. The van der Waals surface area contributed by atoms with Crippen molar-refractivity contribution in [2.24, 2.45) is 0 Å². The van der Waals surface area contributed by atoms with Crippen LogP contribution in [0.15, 0.2) is 79.0 Å². The largest absolute Gasteiger partial charge is 0.481 e. The molecule has 0 aliphatic rings. The second-order valence-corrected chi connectivity index (χ2v) is 6.49. The van der Waals surface area contributed by atoms with Crippen LogP contribution in [0.4, 0.5) is 5.82 Å². The van der Waals surface area contributed by atoms with Crippen LogP contribution in [-0.2, 0) is 4.79 Å². The maximum absolute atomic E-state index is 12.8. The lowest BCUT2D eigenvalue weighted by Gasteiger charge is -2.15. The number of ether oxygens (including phenoxy) is 1. The van der Waals surface area contributed by atoms with Crippen LogP contribution < -0.4 is 10.1 Å². The van der Waals surface area contributed by atoms with Gasteiger partial charge in [0.05, 0.1) is 11.6 Å². The summed E-state index contributed by atoms with van der Waals surface area (Å²) in [5, 5.41) is 11.8. The number of carbonyl (C=O) groups is 1. The van der Waals surface area contributed by atoms with Gasteiger partial charge in [0.25, 0.3) is 5.91 Å². The Labute approximate surface area is 168 Å². The minimum absolute atomic E-state index is 0.294. The number of aromatic nitrogens is 2. The van der Waals surface area contributed by atoms with Gasteiger partial charge in [0.1, 0.15) is 22.9 Å². The molecule has 1 atom stereocenters. The second kappa shape index (κ2) is 7.87. The molecule has 6 heteroatoms. The third-order valence-electron chi connectivity index (χ3n) is 4.48. The molecule has 29 heavy (non-hydrogen) atoms. The molecule has 0 fully saturated rings. The van der Waals surface area contributed by atoms with Crippen molar-refractivity contribution in [3.63, 3.8) is 0 Å². The van der Waals surface area contributed by atoms with Gasteiger partial charge in [-0.2, -0.15) is 5.26 Å². The first-order valence-electron chi connectivity index (χ1n) is 9.16. The van der Waals surface area contributed by atoms with Crippen molar-refractivity contribution in [2.75, 3.05) is 5.32 Å². The summed E-state index contributed by atoms with van der Waals surface area (Å²) in [5.41, 5.74) is 2.87. The Morgan fingerprint density at radius 3 is 2.52 bits per heavy atom. The summed E-state index contributed by atoms with van der Waals surface area (Å²) in [6.07, 6.45) is 1.12. The van der Waals surface area contributed by atoms with Crippen LogP contribution in [0.3, 0.4) is 0 Å². The van der Waals surface area contributed by atoms with Crippen molar-refractivity contribution in [1.82, 2.24) is 9.38 Å². The van der Waals surface area contributed by atoms with E-state index in [4.69, 9.17) is 10.00 Å². The molecule has 1 amide bonds. The van der Waals surface area contributed by atoms with E-state index in [0.717, 1.165) is 11.2 Å². The van der Waals surface area contributed by atoms with E-state index in [2.05, 4.69) is 16.4 Å². The van der Waals surface area contributed by atoms with Gasteiger partial charge in [-0.15, -0.1) is 0 Å². The topological polar surface area (TPSA) is 79.4 Å². The Kier molecular flexibility index (Phi) is 4.95. The number of hydrogen-bond donors (Lipinski definition) is 1. The SMILES string of the molecule is CC(Oc1ccc(C#N)cc1)C(=O)Nc1c(-c2ccccc2)nc2ccccn12. The molecule has 1 N–H and O–H groups in total. The number of fused-ring (bicyclic) bond motifs is 1. The fourth-order valence-corrected chi connectivity index (χ4v) is 3.00. The van der Waals surface area contributed by atoms with Crippen molar-refractivity contribution in [3.8, 4) is 23.1 Å². The first-order chi connectivity index (χ1) is 14.2. The summed E-state index contributed by atoms with van der Waals surface area (Å²) in [5.74, 6) is 0.817. The molecule has 0 aliphatic heterocycles. The number of nitriles is 1. The third kappa shape index (κ3) is 3.80. The highest BCUT2D eigenvalue weighted by molar-refractivity contribution is 5.97. The van der Waals surface area contributed by atoms with Crippen molar-refractivity contribution >= 4 is 17.4 Å². The van der Waals surface area contributed by atoms with Crippen LogP contribution >= 0.6 is 0 Å². The van der Waals surface area contributed by atoms with E-state index in [-0.39, 0.29) is 5.91 Å². The number of hydrogen-bond acceptors (Lipinski definition) is 4. The van der Waals surface area contributed by atoms with Gasteiger partial charge in [-0.25, -0.2) is 4.98 Å². The molecule has 0 saturated heterocycles. The lowest BCUT2D eigenvalue weighted by atomic mass is 10.1. The van der Waals surface area contributed by atoms with Gasteiger partial charge >= 0.3 is 0 Å². The number of rotatable bonds is 5. The Balaban J connectivity index is 1.61. The zero-order valence-corrected chi connectivity index (χ0v) is 15.7. The molecule has 0 bridgehead atoms. The molecule has 0 saturated carbocycles. The van der Waals surface area contributed by atoms with E-state index in [1.165, 1.54) is 0 Å². The number of pyridine rings is 1. The maximum Gasteiger partial charge on any atom is 0.266 e. The Morgan fingerprint density at radius 2 is 1.79 bits per heavy atom. The van der Waals surface area contributed by atoms with Gasteiger partial charge in [-0.05, 0) is 43.3 Å². The Morgan fingerprint density at radius 1 is 1.07 bits per heavy atom. The van der Waals surface area contributed by atoms with Crippen molar-refractivity contribution in [3.05, 3.63) is 84.6 Å². The summed E-state index contributed by atoms with van der Waals surface area (Å²) >= 11 is 0. The molecule has 2 heterocycles. The molecule has 1 unspecified atom stereocenters. The number of nitrogens with zero attached hydrogens (tertiary/aromatic N) is 3.